The SMILES string of the molecule is CCn1c(CC(=O)Nc2ccc(Cl)cc2)nnc1SCC(=O)Nc1cccc(Cl)c1C. The zero-order chi connectivity index (χ0) is 22.4. The van der Waals surface area contributed by atoms with Crippen molar-refractivity contribution in [3.05, 3.63) is 63.9 Å². The number of nitrogens with one attached hydrogen (secondary N) is 2. The van der Waals surface area contributed by atoms with E-state index < -0.39 is 0 Å². The number of carbonyl (C=O) groups excluding carboxylic acids is 2. The molecule has 0 saturated carbocycles. The number of aromatic nitrogens is 3. The number of halogens is 2. The van der Waals surface area contributed by atoms with Gasteiger partial charge in [0.25, 0.3) is 0 Å². The van der Waals surface area contributed by atoms with Crippen LogP contribution in [0.5, 0.6) is 0 Å². The Kier molecular flexibility index (Phi) is 7.95. The van der Waals surface area contributed by atoms with Gasteiger partial charge in [-0.05, 0) is 55.8 Å². The van der Waals surface area contributed by atoms with Crippen LogP contribution in [0.3, 0.4) is 0 Å². The highest BCUT2D eigenvalue weighted by Crippen LogP contribution is 2.24. The van der Waals surface area contributed by atoms with Crippen molar-refractivity contribution < 1.29 is 9.59 Å². The molecule has 1 aromatic heterocycles. The molecule has 1 heterocycles. The highest BCUT2D eigenvalue weighted by atomic mass is 35.5. The quantitative estimate of drug-likeness (QED) is 0.453. The summed E-state index contributed by atoms with van der Waals surface area (Å²) >= 11 is 13.2. The summed E-state index contributed by atoms with van der Waals surface area (Å²) in [5.41, 5.74) is 2.14. The standard InChI is InChI=1S/C21H21Cl2N5O2S/c1-3-28-18(11-19(29)24-15-9-7-14(22)8-10-15)26-27-21(28)31-12-20(30)25-17-6-4-5-16(23)13(17)2/h4-10H,3,11-12H2,1-2H3,(H,24,29)(H,25,30). The molecule has 0 spiro atoms. The Morgan fingerprint density at radius 3 is 2.48 bits per heavy atom. The highest BCUT2D eigenvalue weighted by molar-refractivity contribution is 7.99. The molecule has 10 heteroatoms. The van der Waals surface area contributed by atoms with Crippen LogP contribution in [0.15, 0.2) is 47.6 Å². The predicted molar refractivity (Wildman–Crippen MR) is 125 cm³/mol. The molecule has 0 fully saturated rings. The summed E-state index contributed by atoms with van der Waals surface area (Å²) in [4.78, 5) is 24.7. The van der Waals surface area contributed by atoms with Gasteiger partial charge in [0.1, 0.15) is 5.82 Å². The van der Waals surface area contributed by atoms with Crippen molar-refractivity contribution in [2.24, 2.45) is 0 Å². The Hall–Kier alpha value is -2.55. The van der Waals surface area contributed by atoms with Gasteiger partial charge in [-0.3, -0.25) is 9.59 Å². The number of rotatable bonds is 8. The van der Waals surface area contributed by atoms with E-state index in [2.05, 4.69) is 20.8 Å². The van der Waals surface area contributed by atoms with Crippen molar-refractivity contribution in [3.8, 4) is 0 Å². The van der Waals surface area contributed by atoms with Crippen LogP contribution >= 0.6 is 35.0 Å². The molecule has 0 radical (unpaired) electrons. The van der Waals surface area contributed by atoms with E-state index in [0.29, 0.717) is 38.9 Å². The molecule has 2 N–H and O–H groups in total. The highest BCUT2D eigenvalue weighted by Gasteiger charge is 2.16. The fourth-order valence-corrected chi connectivity index (χ4v) is 3.94. The Balaban J connectivity index is 1.59. The van der Waals surface area contributed by atoms with Crippen LogP contribution in [-0.2, 0) is 22.6 Å². The smallest absolute Gasteiger partial charge is 0.234 e. The van der Waals surface area contributed by atoms with Gasteiger partial charge in [0.2, 0.25) is 11.8 Å². The molecule has 162 valence electrons. The summed E-state index contributed by atoms with van der Waals surface area (Å²) in [7, 11) is 0. The van der Waals surface area contributed by atoms with Crippen molar-refractivity contribution in [3.63, 3.8) is 0 Å². The van der Waals surface area contributed by atoms with E-state index in [1.54, 1.807) is 42.5 Å². The van der Waals surface area contributed by atoms with Crippen LogP contribution in [0, 0.1) is 6.92 Å². The third-order valence-corrected chi connectivity index (χ3v) is 6.06. The van der Waals surface area contributed by atoms with Gasteiger partial charge in [-0.2, -0.15) is 0 Å². The molecule has 7 nitrogen and oxygen atoms in total. The third kappa shape index (κ3) is 6.22. The Labute approximate surface area is 194 Å². The van der Waals surface area contributed by atoms with Gasteiger partial charge in [0.15, 0.2) is 5.16 Å². The second kappa shape index (κ2) is 10.7. The maximum absolute atomic E-state index is 12.4. The monoisotopic (exact) mass is 477 g/mol. The lowest BCUT2D eigenvalue weighted by atomic mass is 10.2. The van der Waals surface area contributed by atoms with E-state index >= 15 is 0 Å². The first kappa shape index (κ1) is 23.1. The van der Waals surface area contributed by atoms with E-state index in [1.807, 2.05) is 18.4 Å². The number of anilines is 2. The maximum atomic E-state index is 12.4. The lowest BCUT2D eigenvalue weighted by Gasteiger charge is -2.10. The average Bonchev–Trinajstić information content (AvgIpc) is 3.13. The topological polar surface area (TPSA) is 88.9 Å². The summed E-state index contributed by atoms with van der Waals surface area (Å²) in [5, 5.41) is 15.7. The second-order valence-corrected chi connectivity index (χ2v) is 8.41. The molecule has 0 aliphatic rings. The molecule has 0 unspecified atom stereocenters. The van der Waals surface area contributed by atoms with Crippen molar-refractivity contribution in [2.75, 3.05) is 16.4 Å². The minimum absolute atomic E-state index is 0.0674. The van der Waals surface area contributed by atoms with Crippen LogP contribution in [0.1, 0.15) is 18.3 Å². The van der Waals surface area contributed by atoms with E-state index in [1.165, 1.54) is 11.8 Å². The van der Waals surface area contributed by atoms with Gasteiger partial charge >= 0.3 is 0 Å². The van der Waals surface area contributed by atoms with Gasteiger partial charge in [-0.1, -0.05) is 41.0 Å². The van der Waals surface area contributed by atoms with Crippen LogP contribution in [0.4, 0.5) is 11.4 Å². The average molecular weight is 478 g/mol. The van der Waals surface area contributed by atoms with Crippen molar-refractivity contribution in [2.45, 2.75) is 32.0 Å². The number of hydrogen-bond acceptors (Lipinski definition) is 5. The fraction of sp³-hybridized carbons (Fsp3) is 0.238. The third-order valence-electron chi connectivity index (χ3n) is 4.43. The van der Waals surface area contributed by atoms with E-state index in [9.17, 15) is 9.59 Å². The molecular weight excluding hydrogens is 457 g/mol. The molecule has 0 bridgehead atoms. The Morgan fingerprint density at radius 1 is 1.03 bits per heavy atom. The first-order valence-corrected chi connectivity index (χ1v) is 11.3. The summed E-state index contributed by atoms with van der Waals surface area (Å²) < 4.78 is 1.82. The minimum atomic E-state index is -0.213. The van der Waals surface area contributed by atoms with Gasteiger partial charge in [-0.15, -0.1) is 10.2 Å². The lowest BCUT2D eigenvalue weighted by molar-refractivity contribution is -0.116. The number of benzene rings is 2. The van der Waals surface area contributed by atoms with Crippen LogP contribution in [0.25, 0.3) is 0 Å². The largest absolute Gasteiger partial charge is 0.326 e. The summed E-state index contributed by atoms with van der Waals surface area (Å²) in [5.74, 6) is 0.293. The number of thioether (sulfide) groups is 1. The molecule has 0 atom stereocenters. The molecule has 2 amide bonds. The van der Waals surface area contributed by atoms with Gasteiger partial charge < -0.3 is 15.2 Å². The molecule has 0 aliphatic carbocycles. The number of amides is 2. The van der Waals surface area contributed by atoms with Gasteiger partial charge in [-0.25, -0.2) is 0 Å². The zero-order valence-electron chi connectivity index (χ0n) is 17.0. The molecule has 3 aromatic rings. The minimum Gasteiger partial charge on any atom is -0.326 e. The molecule has 0 aliphatic heterocycles. The fourth-order valence-electron chi connectivity index (χ4n) is 2.82. The first-order valence-electron chi connectivity index (χ1n) is 9.52. The Morgan fingerprint density at radius 2 is 1.77 bits per heavy atom. The van der Waals surface area contributed by atoms with Crippen molar-refractivity contribution in [1.29, 1.82) is 0 Å². The van der Waals surface area contributed by atoms with E-state index in [0.717, 1.165) is 5.56 Å². The van der Waals surface area contributed by atoms with Crippen LogP contribution in [-0.4, -0.2) is 32.3 Å². The van der Waals surface area contributed by atoms with Gasteiger partial charge in [0.05, 0.1) is 12.2 Å². The van der Waals surface area contributed by atoms with E-state index in [4.69, 9.17) is 23.2 Å². The summed E-state index contributed by atoms with van der Waals surface area (Å²) in [6.45, 7) is 4.36. The molecular formula is C21H21Cl2N5O2S. The van der Waals surface area contributed by atoms with Crippen molar-refractivity contribution >= 4 is 58.2 Å². The number of carbonyl (C=O) groups is 2. The van der Waals surface area contributed by atoms with Crippen LogP contribution < -0.4 is 10.6 Å². The predicted octanol–water partition coefficient (Wildman–Crippen LogP) is 4.83. The lowest BCUT2D eigenvalue weighted by Crippen LogP contribution is -2.18. The van der Waals surface area contributed by atoms with Crippen LogP contribution in [0.2, 0.25) is 10.0 Å². The van der Waals surface area contributed by atoms with E-state index in [-0.39, 0.29) is 24.0 Å². The second-order valence-electron chi connectivity index (χ2n) is 6.62. The summed E-state index contributed by atoms with van der Waals surface area (Å²) in [6, 6.07) is 12.2. The Bertz CT molecular complexity index is 1090. The summed E-state index contributed by atoms with van der Waals surface area (Å²) in [6.07, 6.45) is 0.0674. The molecule has 2 aromatic carbocycles. The van der Waals surface area contributed by atoms with Crippen molar-refractivity contribution in [1.82, 2.24) is 14.8 Å². The molecule has 0 saturated heterocycles. The first-order chi connectivity index (χ1) is 14.9. The molecule has 3 rings (SSSR count). The number of nitrogens with zero attached hydrogens (tertiary/aromatic N) is 3. The maximum Gasteiger partial charge on any atom is 0.234 e. The zero-order valence-corrected chi connectivity index (χ0v) is 19.3. The molecule has 31 heavy (non-hydrogen) atoms. The number of hydrogen-bond donors (Lipinski definition) is 2. The normalized spacial score (nSPS) is 10.7. The van der Waals surface area contributed by atoms with Gasteiger partial charge in [0, 0.05) is 28.0 Å².